The van der Waals surface area contributed by atoms with E-state index in [0.29, 0.717) is 0 Å². The van der Waals surface area contributed by atoms with Crippen molar-refractivity contribution in [3.8, 4) is 11.5 Å². The number of carbonyl (C=O) groups excluding carboxylic acids is 2. The zero-order valence-electron chi connectivity index (χ0n) is 17.0. The van der Waals surface area contributed by atoms with E-state index in [0.717, 1.165) is 6.07 Å². The van der Waals surface area contributed by atoms with E-state index in [4.69, 9.17) is 14.0 Å². The van der Waals surface area contributed by atoms with Crippen LogP contribution >= 0.6 is 22.6 Å². The summed E-state index contributed by atoms with van der Waals surface area (Å²) in [6.07, 6.45) is 0. The van der Waals surface area contributed by atoms with Gasteiger partial charge in [-0.3, -0.25) is 9.35 Å². The smallest absolute Gasteiger partial charge is 0.349 e. The molecule has 0 heterocycles. The number of hydrogen-bond acceptors (Lipinski definition) is 8. The summed E-state index contributed by atoms with van der Waals surface area (Å²) in [5.74, 6) is -1.36. The van der Waals surface area contributed by atoms with Crippen LogP contribution in [0.25, 0.3) is 0 Å². The molecule has 0 unspecified atom stereocenters. The fourth-order valence-corrected chi connectivity index (χ4v) is 5.46. The third-order valence-corrected chi connectivity index (χ3v) is 7.68. The lowest BCUT2D eigenvalue weighted by Gasteiger charge is -2.09. The highest BCUT2D eigenvalue weighted by Crippen LogP contribution is 2.23. The quantitative estimate of drug-likeness (QED) is 0.168. The van der Waals surface area contributed by atoms with E-state index in [1.807, 2.05) is 4.72 Å². The van der Waals surface area contributed by atoms with Gasteiger partial charge < -0.3 is 9.47 Å². The van der Waals surface area contributed by atoms with E-state index in [9.17, 15) is 26.4 Å². The lowest BCUT2D eigenvalue weighted by molar-refractivity contribution is -0.136. The molecule has 0 bridgehead atoms. The molecule has 0 atom stereocenters. The molecule has 2 N–H and O–H groups in total. The molecule has 0 aliphatic rings. The summed E-state index contributed by atoms with van der Waals surface area (Å²) in [6.45, 7) is -0.501. The molecule has 0 aliphatic heterocycles. The van der Waals surface area contributed by atoms with Crippen LogP contribution in [-0.2, 0) is 24.9 Å². The molecular weight excluding hydrogens is 601 g/mol. The van der Waals surface area contributed by atoms with Crippen LogP contribution in [0.2, 0.25) is 0 Å². The number of rotatable bonds is 8. The minimum atomic E-state index is -4.37. The molecule has 0 aromatic heterocycles. The Morgan fingerprint density at radius 2 is 1.50 bits per heavy atom. The molecule has 3 aromatic carbocycles. The fraction of sp³-hybridized carbons (Fsp3) is 0.0476. The lowest BCUT2D eigenvalue weighted by Crippen LogP contribution is -2.30. The Morgan fingerprint density at radius 1 is 0.882 bits per heavy atom. The number of sulfonamides is 1. The van der Waals surface area contributed by atoms with Crippen molar-refractivity contribution < 1.29 is 40.5 Å². The van der Waals surface area contributed by atoms with E-state index in [1.165, 1.54) is 60.7 Å². The summed E-state index contributed by atoms with van der Waals surface area (Å²) in [4.78, 5) is 23.9. The van der Waals surface area contributed by atoms with Gasteiger partial charge in [-0.1, -0.05) is 18.2 Å². The van der Waals surface area contributed by atoms with Gasteiger partial charge in [-0.15, -0.1) is 0 Å². The topological polar surface area (TPSA) is 153 Å². The molecule has 178 valence electrons. The second-order valence-corrected chi connectivity index (χ2v) is 10.8. The number of nitrogens with one attached hydrogen (secondary N) is 1. The summed E-state index contributed by atoms with van der Waals surface area (Å²) < 4.78 is 68.5. The normalized spacial score (nSPS) is 11.5. The van der Waals surface area contributed by atoms with Crippen LogP contribution in [0.3, 0.4) is 0 Å². The molecule has 13 heteroatoms. The predicted molar refractivity (Wildman–Crippen MR) is 128 cm³/mol. The summed E-state index contributed by atoms with van der Waals surface area (Å²) in [5, 5.41) is 0. The first kappa shape index (κ1) is 25.6. The molecule has 0 radical (unpaired) electrons. The SMILES string of the molecule is O=C(COc1ccc(S(=O)(=O)O)c(I)c1)Oc1ccc(C(=O)NS(=O)(=O)c2ccccc2)cc1. The highest BCUT2D eigenvalue weighted by atomic mass is 127. The van der Waals surface area contributed by atoms with Crippen LogP contribution in [0.5, 0.6) is 11.5 Å². The van der Waals surface area contributed by atoms with Crippen LogP contribution in [0.1, 0.15) is 10.4 Å². The highest BCUT2D eigenvalue weighted by Gasteiger charge is 2.19. The van der Waals surface area contributed by atoms with Crippen LogP contribution in [0, 0.1) is 3.57 Å². The molecule has 0 saturated carbocycles. The first-order chi connectivity index (χ1) is 16.0. The van der Waals surface area contributed by atoms with Gasteiger partial charge in [0.15, 0.2) is 6.61 Å². The zero-order valence-corrected chi connectivity index (χ0v) is 20.8. The summed E-state index contributed by atoms with van der Waals surface area (Å²) in [5.41, 5.74) is 0.0315. The molecule has 10 nitrogen and oxygen atoms in total. The number of carbonyl (C=O) groups is 2. The van der Waals surface area contributed by atoms with Gasteiger partial charge in [0.05, 0.1) is 4.90 Å². The van der Waals surface area contributed by atoms with Crippen molar-refractivity contribution in [2.75, 3.05) is 6.61 Å². The van der Waals surface area contributed by atoms with Crippen LogP contribution in [-0.4, -0.2) is 39.9 Å². The molecule has 0 saturated heterocycles. The highest BCUT2D eigenvalue weighted by molar-refractivity contribution is 14.1. The van der Waals surface area contributed by atoms with Gasteiger partial charge in [0.2, 0.25) is 0 Å². The first-order valence-electron chi connectivity index (χ1n) is 9.28. The van der Waals surface area contributed by atoms with Crippen molar-refractivity contribution in [2.24, 2.45) is 0 Å². The number of benzene rings is 3. The van der Waals surface area contributed by atoms with Gasteiger partial charge in [0, 0.05) is 9.13 Å². The standard InChI is InChI=1S/C21H16INO9S2/c22-18-12-16(10-11-19(18)34(28,29)30)31-13-20(24)32-15-8-6-14(7-9-15)21(25)23-33(26,27)17-4-2-1-3-5-17/h1-12H,13H2,(H,23,25)(H,28,29,30). The van der Waals surface area contributed by atoms with Crippen LogP contribution in [0.15, 0.2) is 82.6 Å². The van der Waals surface area contributed by atoms with Crippen LogP contribution in [0.4, 0.5) is 0 Å². The Balaban J connectivity index is 1.56. The summed E-state index contributed by atoms with van der Waals surface area (Å²) in [7, 11) is -8.41. The first-order valence-corrected chi connectivity index (χ1v) is 13.3. The molecule has 0 aliphatic carbocycles. The van der Waals surface area contributed by atoms with Crippen molar-refractivity contribution >= 4 is 54.6 Å². The van der Waals surface area contributed by atoms with E-state index in [-0.39, 0.29) is 30.4 Å². The third kappa shape index (κ3) is 6.75. The molecule has 34 heavy (non-hydrogen) atoms. The number of hydrogen-bond donors (Lipinski definition) is 2. The molecule has 0 fully saturated rings. The van der Waals surface area contributed by atoms with E-state index < -0.39 is 38.6 Å². The number of amides is 1. The monoisotopic (exact) mass is 617 g/mol. The van der Waals surface area contributed by atoms with Gasteiger partial charge in [-0.25, -0.2) is 17.9 Å². The Bertz CT molecular complexity index is 1420. The Kier molecular flexibility index (Phi) is 7.91. The zero-order chi connectivity index (χ0) is 24.9. The second-order valence-electron chi connectivity index (χ2n) is 6.60. The number of ether oxygens (including phenoxy) is 2. The van der Waals surface area contributed by atoms with Gasteiger partial charge in [0.25, 0.3) is 26.0 Å². The van der Waals surface area contributed by atoms with E-state index >= 15 is 0 Å². The average Bonchev–Trinajstić information content (AvgIpc) is 2.77. The number of halogens is 1. The minimum absolute atomic E-state index is 0.0315. The molecule has 3 rings (SSSR count). The van der Waals surface area contributed by atoms with Crippen molar-refractivity contribution in [2.45, 2.75) is 9.79 Å². The molecule has 1 amide bonds. The number of esters is 1. The average molecular weight is 617 g/mol. The van der Waals surface area contributed by atoms with Gasteiger partial charge >= 0.3 is 5.97 Å². The largest absolute Gasteiger partial charge is 0.482 e. The van der Waals surface area contributed by atoms with E-state index in [2.05, 4.69) is 0 Å². The van der Waals surface area contributed by atoms with Crippen molar-refractivity contribution in [1.82, 2.24) is 4.72 Å². The van der Waals surface area contributed by atoms with E-state index in [1.54, 1.807) is 28.7 Å². The third-order valence-electron chi connectivity index (χ3n) is 4.17. The van der Waals surface area contributed by atoms with Crippen molar-refractivity contribution in [1.29, 1.82) is 0 Å². The molecule has 3 aromatic rings. The maximum Gasteiger partial charge on any atom is 0.349 e. The van der Waals surface area contributed by atoms with Crippen molar-refractivity contribution in [3.63, 3.8) is 0 Å². The van der Waals surface area contributed by atoms with Gasteiger partial charge in [-0.05, 0) is 77.2 Å². The maximum atomic E-state index is 12.3. The predicted octanol–water partition coefficient (Wildman–Crippen LogP) is 2.64. The summed E-state index contributed by atoms with van der Waals surface area (Å²) >= 11 is 1.70. The van der Waals surface area contributed by atoms with Gasteiger partial charge in [-0.2, -0.15) is 8.42 Å². The lowest BCUT2D eigenvalue weighted by atomic mass is 10.2. The Labute approximate surface area is 208 Å². The Hall–Kier alpha value is -3.01. The van der Waals surface area contributed by atoms with Crippen molar-refractivity contribution in [3.05, 3.63) is 81.9 Å². The Morgan fingerprint density at radius 3 is 2.09 bits per heavy atom. The van der Waals surface area contributed by atoms with Gasteiger partial charge in [0.1, 0.15) is 16.4 Å². The minimum Gasteiger partial charge on any atom is -0.482 e. The summed E-state index contributed by atoms with van der Waals surface area (Å²) in [6, 6.07) is 16.3. The second kappa shape index (κ2) is 10.5. The maximum absolute atomic E-state index is 12.3. The molecular formula is C21H16INO9S2. The fourth-order valence-electron chi connectivity index (χ4n) is 2.60. The molecule has 0 spiro atoms. The van der Waals surface area contributed by atoms with Crippen LogP contribution < -0.4 is 14.2 Å².